The van der Waals surface area contributed by atoms with Crippen LogP contribution < -0.4 is 10.5 Å². The van der Waals surface area contributed by atoms with Gasteiger partial charge in [-0.25, -0.2) is 0 Å². The van der Waals surface area contributed by atoms with Crippen LogP contribution in [0.15, 0.2) is 24.3 Å². The van der Waals surface area contributed by atoms with Crippen molar-refractivity contribution >= 4 is 0 Å². The fraction of sp³-hybridized carbons (Fsp3) is 0.600. The van der Waals surface area contributed by atoms with Crippen molar-refractivity contribution in [3.63, 3.8) is 0 Å². The summed E-state index contributed by atoms with van der Waals surface area (Å²) in [5, 5.41) is 0. The Labute approximate surface area is 114 Å². The molecule has 1 unspecified atom stereocenters. The first-order valence-corrected chi connectivity index (χ1v) is 6.83. The number of nitrogens with two attached hydrogens (primary N) is 1. The third kappa shape index (κ3) is 3.08. The van der Waals surface area contributed by atoms with E-state index >= 15 is 0 Å². The van der Waals surface area contributed by atoms with E-state index < -0.39 is 0 Å². The molecular weight excluding hydrogens is 242 g/mol. The Balaban J connectivity index is 2.21. The zero-order valence-corrected chi connectivity index (χ0v) is 11.7. The highest BCUT2D eigenvalue weighted by atomic mass is 16.5. The Kier molecular flexibility index (Phi) is 4.80. The highest BCUT2D eigenvalue weighted by Gasteiger charge is 2.39. The van der Waals surface area contributed by atoms with E-state index in [4.69, 9.17) is 19.9 Å². The third-order valence-electron chi connectivity index (χ3n) is 3.84. The first kappa shape index (κ1) is 14.3. The lowest BCUT2D eigenvalue weighted by Gasteiger charge is -2.40. The molecule has 4 heteroatoms. The van der Waals surface area contributed by atoms with Crippen LogP contribution in [0.1, 0.15) is 31.4 Å². The lowest BCUT2D eigenvalue weighted by molar-refractivity contribution is -0.105. The lowest BCUT2D eigenvalue weighted by atomic mass is 9.82. The Morgan fingerprint density at radius 1 is 1.37 bits per heavy atom. The van der Waals surface area contributed by atoms with Crippen molar-refractivity contribution in [1.29, 1.82) is 0 Å². The Hall–Kier alpha value is -1.10. The van der Waals surface area contributed by atoms with E-state index in [1.807, 2.05) is 31.2 Å². The number of hydrogen-bond acceptors (Lipinski definition) is 4. The smallest absolute Gasteiger partial charge is 0.119 e. The number of ether oxygens (including phenoxy) is 3. The van der Waals surface area contributed by atoms with E-state index in [0.717, 1.165) is 24.2 Å². The van der Waals surface area contributed by atoms with E-state index in [1.54, 1.807) is 7.11 Å². The lowest BCUT2D eigenvalue weighted by Crippen LogP contribution is -2.47. The maximum atomic E-state index is 6.44. The summed E-state index contributed by atoms with van der Waals surface area (Å²) in [6.45, 7) is 4.03. The second-order valence-electron chi connectivity index (χ2n) is 4.86. The van der Waals surface area contributed by atoms with E-state index in [-0.39, 0.29) is 11.6 Å². The van der Waals surface area contributed by atoms with E-state index in [1.165, 1.54) is 0 Å². The minimum absolute atomic E-state index is 0.165. The molecule has 106 valence electrons. The predicted octanol–water partition coefficient (Wildman–Crippen LogP) is 2.28. The highest BCUT2D eigenvalue weighted by Crippen LogP contribution is 2.36. The average molecular weight is 265 g/mol. The SMILES string of the molecule is CCOc1cccc(C(N)C2(OC)CCOCC2)c1. The van der Waals surface area contributed by atoms with Gasteiger partial charge in [0.05, 0.1) is 18.2 Å². The van der Waals surface area contributed by atoms with Crippen LogP contribution in [-0.4, -0.2) is 32.5 Å². The summed E-state index contributed by atoms with van der Waals surface area (Å²) in [7, 11) is 1.73. The van der Waals surface area contributed by atoms with Crippen LogP contribution in [0.25, 0.3) is 0 Å². The van der Waals surface area contributed by atoms with Gasteiger partial charge in [-0.3, -0.25) is 0 Å². The van der Waals surface area contributed by atoms with Crippen molar-refractivity contribution in [3.05, 3.63) is 29.8 Å². The van der Waals surface area contributed by atoms with Gasteiger partial charge in [-0.1, -0.05) is 12.1 Å². The molecule has 0 amide bonds. The number of methoxy groups -OCH3 is 1. The molecule has 19 heavy (non-hydrogen) atoms. The summed E-state index contributed by atoms with van der Waals surface area (Å²) in [6.07, 6.45) is 1.65. The molecule has 2 N–H and O–H groups in total. The molecule has 1 saturated heterocycles. The van der Waals surface area contributed by atoms with Crippen LogP contribution in [0.3, 0.4) is 0 Å². The monoisotopic (exact) mass is 265 g/mol. The van der Waals surface area contributed by atoms with Crippen LogP contribution in [0.5, 0.6) is 5.75 Å². The molecule has 2 rings (SSSR count). The van der Waals surface area contributed by atoms with Crippen LogP contribution in [0.4, 0.5) is 0 Å². The van der Waals surface area contributed by atoms with Gasteiger partial charge in [0, 0.05) is 33.2 Å². The zero-order chi connectivity index (χ0) is 13.7. The Morgan fingerprint density at radius 3 is 2.74 bits per heavy atom. The van der Waals surface area contributed by atoms with Crippen LogP contribution in [0, 0.1) is 0 Å². The molecule has 0 saturated carbocycles. The van der Waals surface area contributed by atoms with Crippen molar-refractivity contribution in [2.45, 2.75) is 31.4 Å². The fourth-order valence-electron chi connectivity index (χ4n) is 2.63. The average Bonchev–Trinajstić information content (AvgIpc) is 2.48. The van der Waals surface area contributed by atoms with Crippen molar-refractivity contribution in [3.8, 4) is 5.75 Å². The molecule has 1 heterocycles. The minimum atomic E-state index is -0.330. The molecule has 1 fully saturated rings. The first-order valence-electron chi connectivity index (χ1n) is 6.83. The molecule has 0 radical (unpaired) electrons. The topological polar surface area (TPSA) is 53.7 Å². The van der Waals surface area contributed by atoms with Crippen molar-refractivity contribution in [2.24, 2.45) is 5.73 Å². The molecule has 1 aliphatic heterocycles. The molecule has 0 aromatic heterocycles. The van der Waals surface area contributed by atoms with Gasteiger partial charge in [-0.2, -0.15) is 0 Å². The standard InChI is InChI=1S/C15H23NO3/c1-3-19-13-6-4-5-12(11-13)14(16)15(17-2)7-9-18-10-8-15/h4-6,11,14H,3,7-10,16H2,1-2H3. The predicted molar refractivity (Wildman–Crippen MR) is 74.3 cm³/mol. The molecule has 1 aromatic rings. The molecule has 4 nitrogen and oxygen atoms in total. The van der Waals surface area contributed by atoms with Gasteiger partial charge in [0.15, 0.2) is 0 Å². The first-order chi connectivity index (χ1) is 9.22. The third-order valence-corrected chi connectivity index (χ3v) is 3.84. The normalized spacial score (nSPS) is 19.9. The molecule has 1 aromatic carbocycles. The quantitative estimate of drug-likeness (QED) is 0.887. The van der Waals surface area contributed by atoms with Gasteiger partial charge in [-0.15, -0.1) is 0 Å². The molecule has 1 atom stereocenters. The summed E-state index contributed by atoms with van der Waals surface area (Å²) < 4.78 is 16.7. The van der Waals surface area contributed by atoms with Crippen molar-refractivity contribution < 1.29 is 14.2 Å². The Bertz CT molecular complexity index is 402. The second-order valence-corrected chi connectivity index (χ2v) is 4.86. The summed E-state index contributed by atoms with van der Waals surface area (Å²) in [5.74, 6) is 0.855. The van der Waals surface area contributed by atoms with Gasteiger partial charge >= 0.3 is 0 Å². The van der Waals surface area contributed by atoms with Gasteiger partial charge in [0.25, 0.3) is 0 Å². The molecule has 0 bridgehead atoms. The largest absolute Gasteiger partial charge is 0.494 e. The number of rotatable bonds is 5. The molecular formula is C15H23NO3. The molecule has 1 aliphatic rings. The maximum Gasteiger partial charge on any atom is 0.119 e. The van der Waals surface area contributed by atoms with Gasteiger partial charge in [0.2, 0.25) is 0 Å². The number of benzene rings is 1. The van der Waals surface area contributed by atoms with Gasteiger partial charge in [-0.05, 0) is 24.6 Å². The fourth-order valence-corrected chi connectivity index (χ4v) is 2.63. The summed E-state index contributed by atoms with van der Waals surface area (Å²) >= 11 is 0. The van der Waals surface area contributed by atoms with Crippen LogP contribution >= 0.6 is 0 Å². The van der Waals surface area contributed by atoms with E-state index in [0.29, 0.717) is 19.8 Å². The summed E-state index contributed by atoms with van der Waals surface area (Å²) in [4.78, 5) is 0. The minimum Gasteiger partial charge on any atom is -0.494 e. The van der Waals surface area contributed by atoms with E-state index in [2.05, 4.69) is 0 Å². The van der Waals surface area contributed by atoms with Crippen LogP contribution in [0.2, 0.25) is 0 Å². The Morgan fingerprint density at radius 2 is 2.11 bits per heavy atom. The molecule has 0 aliphatic carbocycles. The number of hydrogen-bond donors (Lipinski definition) is 1. The van der Waals surface area contributed by atoms with Crippen LogP contribution in [-0.2, 0) is 9.47 Å². The zero-order valence-electron chi connectivity index (χ0n) is 11.7. The van der Waals surface area contributed by atoms with E-state index in [9.17, 15) is 0 Å². The summed E-state index contributed by atoms with van der Waals surface area (Å²) in [6, 6.07) is 7.79. The van der Waals surface area contributed by atoms with Crippen molar-refractivity contribution in [1.82, 2.24) is 0 Å². The highest BCUT2D eigenvalue weighted by molar-refractivity contribution is 5.32. The molecule has 0 spiro atoms. The van der Waals surface area contributed by atoms with Gasteiger partial charge in [0.1, 0.15) is 5.75 Å². The van der Waals surface area contributed by atoms with Crippen molar-refractivity contribution in [2.75, 3.05) is 26.9 Å². The second kappa shape index (κ2) is 6.37. The van der Waals surface area contributed by atoms with Gasteiger partial charge < -0.3 is 19.9 Å². The maximum absolute atomic E-state index is 6.44. The summed E-state index contributed by atoms with van der Waals surface area (Å²) in [5.41, 5.74) is 7.16.